The number of rotatable bonds is 5. The van der Waals surface area contributed by atoms with Crippen molar-refractivity contribution in [2.75, 3.05) is 6.61 Å². The molecule has 1 aromatic heterocycles. The van der Waals surface area contributed by atoms with Crippen molar-refractivity contribution in [2.24, 2.45) is 0 Å². The molecule has 1 rings (SSSR count). The van der Waals surface area contributed by atoms with Crippen molar-refractivity contribution in [3.63, 3.8) is 0 Å². The van der Waals surface area contributed by atoms with E-state index in [0.29, 0.717) is 0 Å². The molecule has 1 aromatic rings. The first-order chi connectivity index (χ1) is 6.43. The van der Waals surface area contributed by atoms with Crippen LogP contribution in [0, 0.1) is 0 Å². The van der Waals surface area contributed by atoms with Gasteiger partial charge in [0.25, 0.3) is 0 Å². The molecule has 0 amide bonds. The predicted octanol–water partition coefficient (Wildman–Crippen LogP) is 2.26. The molecule has 0 atom stereocenters. The maximum atomic E-state index is 5.24. The van der Waals surface area contributed by atoms with Crippen LogP contribution in [0.2, 0.25) is 0 Å². The van der Waals surface area contributed by atoms with Crippen molar-refractivity contribution in [2.45, 2.75) is 19.8 Å². The van der Waals surface area contributed by atoms with Crippen LogP contribution in [0.3, 0.4) is 0 Å². The molecule has 70 valence electrons. The van der Waals surface area contributed by atoms with Crippen LogP contribution < -0.4 is 0 Å². The Hall–Kier alpha value is -1.38. The van der Waals surface area contributed by atoms with Crippen LogP contribution >= 0.6 is 0 Å². The van der Waals surface area contributed by atoms with Crippen molar-refractivity contribution >= 4 is 6.08 Å². The molecule has 0 aliphatic carbocycles. The van der Waals surface area contributed by atoms with Crippen molar-refractivity contribution in [1.29, 1.82) is 0 Å². The number of hydrogen-bond acceptors (Lipinski definition) is 3. The van der Waals surface area contributed by atoms with Crippen molar-refractivity contribution < 1.29 is 4.74 Å². The van der Waals surface area contributed by atoms with E-state index >= 15 is 0 Å². The second kappa shape index (κ2) is 6.17. The van der Waals surface area contributed by atoms with Gasteiger partial charge in [0, 0.05) is 6.20 Å². The Morgan fingerprint density at radius 3 is 3.15 bits per heavy atom. The SMILES string of the molecule is CCCCOC=Cc1ccncn1. The van der Waals surface area contributed by atoms with E-state index in [9.17, 15) is 0 Å². The smallest absolute Gasteiger partial charge is 0.115 e. The van der Waals surface area contributed by atoms with Crippen LogP contribution in [0.15, 0.2) is 24.9 Å². The van der Waals surface area contributed by atoms with Gasteiger partial charge >= 0.3 is 0 Å². The summed E-state index contributed by atoms with van der Waals surface area (Å²) in [4.78, 5) is 7.84. The average Bonchev–Trinajstić information content (AvgIpc) is 2.19. The molecule has 0 fully saturated rings. The van der Waals surface area contributed by atoms with E-state index in [1.54, 1.807) is 12.5 Å². The van der Waals surface area contributed by atoms with Gasteiger partial charge in [-0.15, -0.1) is 0 Å². The second-order valence-electron chi connectivity index (χ2n) is 2.66. The van der Waals surface area contributed by atoms with Gasteiger partial charge in [0.05, 0.1) is 18.6 Å². The van der Waals surface area contributed by atoms with E-state index < -0.39 is 0 Å². The van der Waals surface area contributed by atoms with Gasteiger partial charge in [0.1, 0.15) is 6.33 Å². The zero-order valence-electron chi connectivity index (χ0n) is 7.81. The molecular weight excluding hydrogens is 164 g/mol. The molecule has 0 unspecified atom stereocenters. The molecule has 0 spiro atoms. The fourth-order valence-corrected chi connectivity index (χ4v) is 0.813. The lowest BCUT2D eigenvalue weighted by molar-refractivity contribution is 0.246. The molecule has 0 aromatic carbocycles. The minimum absolute atomic E-state index is 0.776. The van der Waals surface area contributed by atoms with Gasteiger partial charge in [-0.25, -0.2) is 9.97 Å². The van der Waals surface area contributed by atoms with E-state index in [-0.39, 0.29) is 0 Å². The van der Waals surface area contributed by atoms with Crippen LogP contribution in [0.4, 0.5) is 0 Å². The molecule has 1 heterocycles. The monoisotopic (exact) mass is 178 g/mol. The minimum Gasteiger partial charge on any atom is -0.501 e. The largest absolute Gasteiger partial charge is 0.501 e. The third-order valence-electron chi connectivity index (χ3n) is 1.56. The van der Waals surface area contributed by atoms with Gasteiger partial charge < -0.3 is 4.74 Å². The lowest BCUT2D eigenvalue weighted by Crippen LogP contribution is -1.86. The van der Waals surface area contributed by atoms with Gasteiger partial charge in [0.15, 0.2) is 0 Å². The van der Waals surface area contributed by atoms with E-state index in [4.69, 9.17) is 4.74 Å². The normalized spacial score (nSPS) is 10.5. The first kappa shape index (κ1) is 9.71. The first-order valence-corrected chi connectivity index (χ1v) is 4.47. The fourth-order valence-electron chi connectivity index (χ4n) is 0.813. The molecule has 0 aliphatic rings. The highest BCUT2D eigenvalue weighted by atomic mass is 16.5. The highest BCUT2D eigenvalue weighted by Gasteiger charge is 1.84. The van der Waals surface area contributed by atoms with E-state index in [0.717, 1.165) is 25.1 Å². The zero-order chi connectivity index (χ0) is 9.36. The summed E-state index contributed by atoms with van der Waals surface area (Å²) in [6.45, 7) is 2.91. The summed E-state index contributed by atoms with van der Waals surface area (Å²) in [7, 11) is 0. The van der Waals surface area contributed by atoms with Crippen molar-refractivity contribution in [3.8, 4) is 0 Å². The highest BCUT2D eigenvalue weighted by Crippen LogP contribution is 1.95. The molecular formula is C10H14N2O. The summed E-state index contributed by atoms with van der Waals surface area (Å²) < 4.78 is 5.24. The lowest BCUT2D eigenvalue weighted by atomic mass is 10.4. The first-order valence-electron chi connectivity index (χ1n) is 4.47. The summed E-state index contributed by atoms with van der Waals surface area (Å²) in [6, 6.07) is 1.83. The molecule has 3 heteroatoms. The summed E-state index contributed by atoms with van der Waals surface area (Å²) in [5, 5.41) is 0. The van der Waals surface area contributed by atoms with Crippen LogP contribution in [0.5, 0.6) is 0 Å². The van der Waals surface area contributed by atoms with Gasteiger partial charge in [-0.1, -0.05) is 13.3 Å². The molecule has 0 saturated carbocycles. The lowest BCUT2D eigenvalue weighted by Gasteiger charge is -1.96. The van der Waals surface area contributed by atoms with E-state index in [1.807, 2.05) is 12.1 Å². The van der Waals surface area contributed by atoms with Crippen LogP contribution in [0.1, 0.15) is 25.5 Å². The molecule has 0 aliphatic heterocycles. The number of nitrogens with zero attached hydrogens (tertiary/aromatic N) is 2. The van der Waals surface area contributed by atoms with Gasteiger partial charge in [-0.05, 0) is 18.6 Å². The number of hydrogen-bond donors (Lipinski definition) is 0. The average molecular weight is 178 g/mol. The van der Waals surface area contributed by atoms with Gasteiger partial charge in [0.2, 0.25) is 0 Å². The van der Waals surface area contributed by atoms with Crippen molar-refractivity contribution in [3.05, 3.63) is 30.5 Å². The summed E-state index contributed by atoms with van der Waals surface area (Å²) >= 11 is 0. The predicted molar refractivity (Wildman–Crippen MR) is 51.9 cm³/mol. The third kappa shape index (κ3) is 4.25. The van der Waals surface area contributed by atoms with E-state index in [2.05, 4.69) is 16.9 Å². The minimum atomic E-state index is 0.776. The fraction of sp³-hybridized carbons (Fsp3) is 0.400. The Balaban J connectivity index is 2.25. The standard InChI is InChI=1S/C10H14N2O/c1-2-3-7-13-8-5-10-4-6-11-9-12-10/h4-6,8-9H,2-3,7H2,1H3. The molecule has 0 saturated heterocycles. The third-order valence-corrected chi connectivity index (χ3v) is 1.56. The van der Waals surface area contributed by atoms with Crippen LogP contribution in [-0.4, -0.2) is 16.6 Å². The molecule has 0 radical (unpaired) electrons. The van der Waals surface area contributed by atoms with Crippen LogP contribution in [0.25, 0.3) is 6.08 Å². The Morgan fingerprint density at radius 1 is 1.54 bits per heavy atom. The topological polar surface area (TPSA) is 35.0 Å². The Labute approximate surface area is 78.5 Å². The van der Waals surface area contributed by atoms with E-state index in [1.165, 1.54) is 6.33 Å². The van der Waals surface area contributed by atoms with Crippen LogP contribution in [-0.2, 0) is 4.74 Å². The maximum Gasteiger partial charge on any atom is 0.115 e. The van der Waals surface area contributed by atoms with Crippen molar-refractivity contribution in [1.82, 2.24) is 9.97 Å². The Kier molecular flexibility index (Phi) is 4.61. The molecule has 3 nitrogen and oxygen atoms in total. The Bertz CT molecular complexity index is 246. The molecule has 13 heavy (non-hydrogen) atoms. The number of aromatic nitrogens is 2. The molecule has 0 bridgehead atoms. The zero-order valence-corrected chi connectivity index (χ0v) is 7.81. The Morgan fingerprint density at radius 2 is 2.46 bits per heavy atom. The number of unbranched alkanes of at least 4 members (excludes halogenated alkanes) is 1. The molecule has 0 N–H and O–H groups in total. The van der Waals surface area contributed by atoms with Gasteiger partial charge in [-0.2, -0.15) is 0 Å². The maximum absolute atomic E-state index is 5.24. The summed E-state index contributed by atoms with van der Waals surface area (Å²) in [5.74, 6) is 0. The summed E-state index contributed by atoms with van der Waals surface area (Å²) in [5.41, 5.74) is 0.867. The quantitative estimate of drug-likeness (QED) is 0.512. The number of ether oxygens (including phenoxy) is 1. The second-order valence-corrected chi connectivity index (χ2v) is 2.66. The highest BCUT2D eigenvalue weighted by molar-refractivity contribution is 5.41. The summed E-state index contributed by atoms with van der Waals surface area (Å²) in [6.07, 6.45) is 8.98. The van der Waals surface area contributed by atoms with Gasteiger partial charge in [-0.3, -0.25) is 0 Å².